The summed E-state index contributed by atoms with van der Waals surface area (Å²) in [5.41, 5.74) is 6.86. The maximum absolute atomic E-state index is 12.6. The third-order valence-corrected chi connectivity index (χ3v) is 5.57. The van der Waals surface area contributed by atoms with E-state index in [0.29, 0.717) is 19.2 Å². The number of hydrogen-bond acceptors (Lipinski definition) is 5. The number of amides is 1. The number of halogens is 2. The van der Waals surface area contributed by atoms with Gasteiger partial charge in [-0.3, -0.25) is 14.6 Å². The van der Waals surface area contributed by atoms with E-state index in [2.05, 4.69) is 40.1 Å². The second kappa shape index (κ2) is 14.2. The lowest BCUT2D eigenvalue weighted by molar-refractivity contribution is -0.135. The average Bonchev–Trinajstić information content (AvgIpc) is 2.71. The van der Waals surface area contributed by atoms with Crippen molar-refractivity contribution in [3.8, 4) is 0 Å². The summed E-state index contributed by atoms with van der Waals surface area (Å²) in [4.78, 5) is 19.4. The Kier molecular flexibility index (Phi) is 12.8. The summed E-state index contributed by atoms with van der Waals surface area (Å²) in [5.74, 6) is 0.270. The van der Waals surface area contributed by atoms with Crippen LogP contribution in [-0.2, 0) is 16.1 Å². The van der Waals surface area contributed by atoms with Crippen LogP contribution in [0.25, 0.3) is 0 Å². The first-order chi connectivity index (χ1) is 13.2. The van der Waals surface area contributed by atoms with Crippen molar-refractivity contribution in [2.75, 3.05) is 59.0 Å². The molecule has 0 unspecified atom stereocenters. The maximum Gasteiger partial charge on any atom is 0.236 e. The van der Waals surface area contributed by atoms with Crippen LogP contribution in [0, 0.1) is 0 Å². The van der Waals surface area contributed by atoms with Gasteiger partial charge in [-0.05, 0) is 31.4 Å². The Labute approximate surface area is 187 Å². The molecule has 8 heteroatoms. The molecule has 1 aromatic rings. The lowest BCUT2D eigenvalue weighted by Crippen LogP contribution is -2.51. The monoisotopic (exact) mass is 446 g/mol. The first-order valence-corrected chi connectivity index (χ1v) is 10.3. The van der Waals surface area contributed by atoms with Gasteiger partial charge in [0, 0.05) is 52.4 Å². The summed E-state index contributed by atoms with van der Waals surface area (Å²) in [7, 11) is 0. The SMILES string of the molecule is Cl.Cl.NCCCOC1CCN(C(=O)CN2CCN(Cc3ccccc3)CC2)CC1. The molecule has 2 fully saturated rings. The Morgan fingerprint density at radius 3 is 2.21 bits per heavy atom. The molecule has 2 heterocycles. The minimum absolute atomic E-state index is 0. The van der Waals surface area contributed by atoms with Crippen molar-refractivity contribution in [1.82, 2.24) is 14.7 Å². The van der Waals surface area contributed by atoms with Crippen LogP contribution in [0.5, 0.6) is 0 Å². The fraction of sp³-hybridized carbons (Fsp3) is 0.667. The highest BCUT2D eigenvalue weighted by molar-refractivity contribution is 5.85. The molecule has 6 nitrogen and oxygen atoms in total. The van der Waals surface area contributed by atoms with Gasteiger partial charge in [-0.25, -0.2) is 0 Å². The molecule has 2 aliphatic heterocycles. The zero-order valence-electron chi connectivity index (χ0n) is 17.2. The molecule has 0 aliphatic carbocycles. The third kappa shape index (κ3) is 8.79. The van der Waals surface area contributed by atoms with Gasteiger partial charge in [0.05, 0.1) is 12.6 Å². The fourth-order valence-corrected chi connectivity index (χ4v) is 3.84. The highest BCUT2D eigenvalue weighted by Gasteiger charge is 2.25. The van der Waals surface area contributed by atoms with E-state index in [1.807, 2.05) is 4.90 Å². The maximum atomic E-state index is 12.6. The van der Waals surface area contributed by atoms with Crippen molar-refractivity contribution in [2.24, 2.45) is 5.73 Å². The van der Waals surface area contributed by atoms with Crippen molar-refractivity contribution in [3.05, 3.63) is 35.9 Å². The first kappa shape index (κ1) is 26.1. The molecule has 29 heavy (non-hydrogen) atoms. The van der Waals surface area contributed by atoms with E-state index in [-0.39, 0.29) is 30.7 Å². The molecule has 1 amide bonds. The third-order valence-electron chi connectivity index (χ3n) is 5.57. The van der Waals surface area contributed by atoms with Crippen LogP contribution < -0.4 is 5.73 Å². The van der Waals surface area contributed by atoms with Gasteiger partial charge in [0.15, 0.2) is 0 Å². The van der Waals surface area contributed by atoms with E-state index in [0.717, 1.165) is 71.7 Å². The van der Waals surface area contributed by atoms with Crippen LogP contribution in [0.3, 0.4) is 0 Å². The predicted molar refractivity (Wildman–Crippen MR) is 122 cm³/mol. The summed E-state index contributed by atoms with van der Waals surface area (Å²) in [5, 5.41) is 0. The van der Waals surface area contributed by atoms with Gasteiger partial charge in [0.2, 0.25) is 5.91 Å². The number of likely N-dealkylation sites (tertiary alicyclic amines) is 1. The molecule has 2 aliphatic rings. The molecule has 166 valence electrons. The van der Waals surface area contributed by atoms with Crippen LogP contribution >= 0.6 is 24.8 Å². The minimum atomic E-state index is 0. The molecule has 0 radical (unpaired) electrons. The molecule has 0 bridgehead atoms. The Morgan fingerprint density at radius 1 is 0.966 bits per heavy atom. The zero-order chi connectivity index (χ0) is 18.9. The second-order valence-electron chi connectivity index (χ2n) is 7.63. The number of rotatable bonds is 8. The van der Waals surface area contributed by atoms with Crippen LogP contribution in [-0.4, -0.2) is 85.7 Å². The fourth-order valence-electron chi connectivity index (χ4n) is 3.84. The molecule has 2 saturated heterocycles. The molecule has 1 aromatic carbocycles. The van der Waals surface area contributed by atoms with Gasteiger partial charge >= 0.3 is 0 Å². The van der Waals surface area contributed by atoms with E-state index in [1.54, 1.807) is 0 Å². The molecule has 2 N–H and O–H groups in total. The van der Waals surface area contributed by atoms with Crippen LogP contribution in [0.15, 0.2) is 30.3 Å². The minimum Gasteiger partial charge on any atom is -0.378 e. The van der Waals surface area contributed by atoms with E-state index >= 15 is 0 Å². The van der Waals surface area contributed by atoms with Gasteiger partial charge in [0.25, 0.3) is 0 Å². The van der Waals surface area contributed by atoms with E-state index in [9.17, 15) is 4.79 Å². The van der Waals surface area contributed by atoms with Gasteiger partial charge < -0.3 is 15.4 Å². The second-order valence-corrected chi connectivity index (χ2v) is 7.63. The van der Waals surface area contributed by atoms with Crippen LogP contribution in [0.4, 0.5) is 0 Å². The summed E-state index contributed by atoms with van der Waals surface area (Å²) < 4.78 is 5.83. The number of carbonyl (C=O) groups excluding carboxylic acids is 1. The number of piperazine rings is 1. The summed E-state index contributed by atoms with van der Waals surface area (Å²) in [6.07, 6.45) is 3.10. The smallest absolute Gasteiger partial charge is 0.236 e. The average molecular weight is 447 g/mol. The van der Waals surface area contributed by atoms with Gasteiger partial charge in [0.1, 0.15) is 0 Å². The van der Waals surface area contributed by atoms with Crippen molar-refractivity contribution < 1.29 is 9.53 Å². The van der Waals surface area contributed by atoms with E-state index < -0.39 is 0 Å². The highest BCUT2D eigenvalue weighted by Crippen LogP contribution is 2.15. The van der Waals surface area contributed by atoms with Crippen LogP contribution in [0.2, 0.25) is 0 Å². The van der Waals surface area contributed by atoms with Gasteiger partial charge in [-0.2, -0.15) is 0 Å². The first-order valence-electron chi connectivity index (χ1n) is 10.3. The molecular formula is C21H36Cl2N4O2. The lowest BCUT2D eigenvalue weighted by atomic mass is 10.1. The summed E-state index contributed by atoms with van der Waals surface area (Å²) >= 11 is 0. The molecule has 0 aromatic heterocycles. The lowest BCUT2D eigenvalue weighted by Gasteiger charge is -2.37. The Hall–Kier alpha value is -0.890. The van der Waals surface area contributed by atoms with Crippen LogP contribution in [0.1, 0.15) is 24.8 Å². The standard InChI is InChI=1S/C21H34N4O2.2ClH/c22-9-4-16-27-20-7-10-25(11-8-20)21(26)18-24-14-12-23(13-15-24)17-19-5-2-1-3-6-19;;/h1-3,5-6,20H,4,7-18,22H2;2*1H. The number of piperidine rings is 1. The number of nitrogens with zero attached hydrogens (tertiary/aromatic N) is 3. The molecular weight excluding hydrogens is 411 g/mol. The number of hydrogen-bond donors (Lipinski definition) is 1. The van der Waals surface area contributed by atoms with Crippen molar-refractivity contribution >= 4 is 30.7 Å². The molecule has 0 atom stereocenters. The summed E-state index contributed by atoms with van der Waals surface area (Å²) in [6, 6.07) is 10.6. The zero-order valence-corrected chi connectivity index (χ0v) is 18.8. The Balaban J connectivity index is 0.00000210. The number of nitrogens with two attached hydrogens (primary N) is 1. The van der Waals surface area contributed by atoms with Crippen molar-refractivity contribution in [1.29, 1.82) is 0 Å². The van der Waals surface area contributed by atoms with Gasteiger partial charge in [-0.15, -0.1) is 24.8 Å². The highest BCUT2D eigenvalue weighted by atomic mass is 35.5. The number of benzene rings is 1. The van der Waals surface area contributed by atoms with Crippen molar-refractivity contribution in [3.63, 3.8) is 0 Å². The molecule has 0 spiro atoms. The number of ether oxygens (including phenoxy) is 1. The van der Waals surface area contributed by atoms with E-state index in [1.165, 1.54) is 5.56 Å². The Bertz CT molecular complexity index is 563. The largest absolute Gasteiger partial charge is 0.378 e. The van der Waals surface area contributed by atoms with E-state index in [4.69, 9.17) is 10.5 Å². The molecule has 3 rings (SSSR count). The molecule has 0 saturated carbocycles. The topological polar surface area (TPSA) is 62.0 Å². The number of carbonyl (C=O) groups is 1. The Morgan fingerprint density at radius 2 is 1.59 bits per heavy atom. The van der Waals surface area contributed by atoms with Gasteiger partial charge in [-0.1, -0.05) is 30.3 Å². The van der Waals surface area contributed by atoms with Crippen molar-refractivity contribution in [2.45, 2.75) is 31.9 Å². The quantitative estimate of drug-likeness (QED) is 0.618. The normalized spacial score (nSPS) is 18.7. The predicted octanol–water partition coefficient (Wildman–Crippen LogP) is 2.00. The summed E-state index contributed by atoms with van der Waals surface area (Å²) in [6.45, 7) is 8.60.